The molecule has 4 saturated heterocycles. The first kappa shape index (κ1) is 52.7. The van der Waals surface area contributed by atoms with Crippen molar-refractivity contribution < 1.29 is 134 Å². The number of hydrogen-bond donors (Lipinski definition) is 18. The Morgan fingerprint density at radius 3 is 1.86 bits per heavy atom. The summed E-state index contributed by atoms with van der Waals surface area (Å²) >= 11 is 0. The van der Waals surface area contributed by atoms with Crippen LogP contribution in [0.3, 0.4) is 0 Å². The van der Waals surface area contributed by atoms with Crippen molar-refractivity contribution >= 4 is 23.8 Å². The lowest BCUT2D eigenvalue weighted by Gasteiger charge is -2.52. The van der Waals surface area contributed by atoms with Crippen molar-refractivity contribution in [2.24, 2.45) is 0 Å². The maximum absolute atomic E-state index is 13.3. The van der Waals surface area contributed by atoms with Gasteiger partial charge in [-0.15, -0.1) is 0 Å². The molecule has 0 aromatic carbocycles. The van der Waals surface area contributed by atoms with E-state index in [0.717, 1.165) is 6.92 Å². The fraction of sp³-hybridized carbons (Fsp3) is 0.882. The molecule has 0 aromatic heterocycles. The first-order valence-corrected chi connectivity index (χ1v) is 19.4. The number of aliphatic hydroxyl groups is 14. The van der Waals surface area contributed by atoms with Gasteiger partial charge in [0.05, 0.1) is 50.2 Å². The van der Waals surface area contributed by atoms with Crippen LogP contribution < -0.4 is 10.6 Å². The summed E-state index contributed by atoms with van der Waals surface area (Å²) in [7, 11) is 0. The van der Waals surface area contributed by atoms with Crippen LogP contribution in [0.5, 0.6) is 0 Å². The van der Waals surface area contributed by atoms with E-state index in [1.54, 1.807) is 0 Å². The number of carbonyl (C=O) groups is 4. The van der Waals surface area contributed by atoms with E-state index < -0.39 is 197 Å². The van der Waals surface area contributed by atoms with Gasteiger partial charge in [-0.2, -0.15) is 0 Å². The maximum atomic E-state index is 13.3. The second-order valence-electron chi connectivity index (χ2n) is 15.5. The molecule has 0 aromatic rings. The molecule has 4 aliphatic rings. The normalized spacial score (nSPS) is 42.9. The molecule has 4 rings (SSSR count). The van der Waals surface area contributed by atoms with Crippen LogP contribution in [-0.4, -0.2) is 266 Å². The van der Waals surface area contributed by atoms with Crippen LogP contribution in [0.2, 0.25) is 0 Å². The average molecular weight is 925 g/mol. The maximum Gasteiger partial charge on any atom is 0.364 e. The van der Waals surface area contributed by atoms with Crippen molar-refractivity contribution in [3.63, 3.8) is 0 Å². The molecule has 0 saturated carbocycles. The predicted molar refractivity (Wildman–Crippen MR) is 191 cm³/mol. The molecule has 0 unspecified atom stereocenters. The molecule has 29 nitrogen and oxygen atoms in total. The smallest absolute Gasteiger partial charge is 0.364 e. The largest absolute Gasteiger partial charge is 0.477 e. The third-order valence-corrected chi connectivity index (χ3v) is 11.1. The molecule has 364 valence electrons. The zero-order valence-corrected chi connectivity index (χ0v) is 33.4. The Bertz CT molecular complexity index is 1570. The molecule has 29 heteroatoms. The quantitative estimate of drug-likeness (QED) is 0.0607. The number of carboxylic acids is 2. The summed E-state index contributed by atoms with van der Waals surface area (Å²) in [4.78, 5) is 51.5. The second-order valence-corrected chi connectivity index (χ2v) is 15.5. The van der Waals surface area contributed by atoms with Crippen molar-refractivity contribution in [2.45, 2.75) is 161 Å². The summed E-state index contributed by atoms with van der Waals surface area (Å²) in [6.07, 6.45) is -39.5. The SMILES string of the molecule is CC(=O)N[C@H]1[C@H]([C@H](O)[C@H](O)CO)O[C@@](OC[C@H]2O[C@@H](O)[C@H](O)[C@@H](O)[C@@H]2O)(C(=O)O)C[C@@H]1O[C@]1(C(=O)O)C[C@H](O)[C@@H](NC(=O)CO)[C@H]([C@H](O)[C@@H](CO)O[C@@H]2O[C@@H](C)[C@@H](O)[C@@H](O)[C@@H]2O)O1. The number of carboxylic acid groups (broad SMARTS) is 2. The lowest BCUT2D eigenvalue weighted by Crippen LogP contribution is -2.72. The Kier molecular flexibility index (Phi) is 18.0. The number of amides is 2. The first-order valence-electron chi connectivity index (χ1n) is 19.4. The van der Waals surface area contributed by atoms with Crippen LogP contribution >= 0.6 is 0 Å². The summed E-state index contributed by atoms with van der Waals surface area (Å²) in [5.74, 6) is -13.1. The molecule has 0 aliphatic carbocycles. The third-order valence-electron chi connectivity index (χ3n) is 11.1. The highest BCUT2D eigenvalue weighted by Gasteiger charge is 2.63. The summed E-state index contributed by atoms with van der Waals surface area (Å²) in [5, 5.41) is 171. The van der Waals surface area contributed by atoms with Gasteiger partial charge < -0.3 is 125 Å². The minimum atomic E-state index is -3.36. The molecular weight excluding hydrogens is 868 g/mol. The molecule has 4 heterocycles. The standard InChI is InChI=1S/C34H56N2O27/c1-9-19(44)23(48)26(51)30(58-9)60-14(6-38)22(47)27-17(36-16(43)7-39)11(41)3-34(63-27,32(55)56)61-13-4-33(31(53)54,57-8-15-21(46)24(49)25(50)29(52)59-15)62-28(18(13)35-10(2)40)20(45)12(42)5-37/h9,11-15,17-30,37-39,41-42,44-52H,3-8H2,1-2H3,(H,35,40)(H,36,43)(H,53,54)(H,55,56)/t9-,11-,12+,13-,14+,15+,17+,18+,19+,20+,21+,22+,23+,24-,25+,26-,27+,28+,29+,30-,33+,34+/m0/s1. The van der Waals surface area contributed by atoms with E-state index in [1.807, 2.05) is 0 Å². The zero-order valence-electron chi connectivity index (χ0n) is 33.4. The van der Waals surface area contributed by atoms with E-state index in [4.69, 9.17) is 33.2 Å². The topological polar surface area (TPSA) is 481 Å². The molecule has 0 bridgehead atoms. The van der Waals surface area contributed by atoms with Crippen LogP contribution in [0.15, 0.2) is 0 Å². The molecule has 0 spiro atoms. The second kappa shape index (κ2) is 21.6. The van der Waals surface area contributed by atoms with Gasteiger partial charge in [0.2, 0.25) is 11.8 Å². The predicted octanol–water partition coefficient (Wildman–Crippen LogP) is -11.0. The highest BCUT2D eigenvalue weighted by Crippen LogP contribution is 2.41. The van der Waals surface area contributed by atoms with Gasteiger partial charge in [-0.1, -0.05) is 0 Å². The van der Waals surface area contributed by atoms with E-state index in [-0.39, 0.29) is 0 Å². The van der Waals surface area contributed by atoms with Gasteiger partial charge in [0.15, 0.2) is 12.6 Å². The van der Waals surface area contributed by atoms with Gasteiger partial charge in [0.25, 0.3) is 11.6 Å². The Morgan fingerprint density at radius 1 is 0.714 bits per heavy atom. The summed E-state index contributed by atoms with van der Waals surface area (Å²) in [6, 6.07) is -3.90. The average Bonchev–Trinajstić information content (AvgIpc) is 3.23. The van der Waals surface area contributed by atoms with Crippen LogP contribution in [-0.2, 0) is 52.3 Å². The van der Waals surface area contributed by atoms with Crippen molar-refractivity contribution in [1.29, 1.82) is 0 Å². The van der Waals surface area contributed by atoms with Gasteiger partial charge in [-0.05, 0) is 6.92 Å². The van der Waals surface area contributed by atoms with Crippen molar-refractivity contribution in [1.82, 2.24) is 10.6 Å². The highest BCUT2D eigenvalue weighted by atomic mass is 16.8. The number of rotatable bonds is 18. The number of aliphatic carboxylic acids is 2. The number of ether oxygens (including phenoxy) is 7. The highest BCUT2D eigenvalue weighted by molar-refractivity contribution is 5.79. The number of aliphatic hydroxyl groups excluding tert-OH is 14. The Labute approximate surface area is 355 Å². The fourth-order valence-corrected chi connectivity index (χ4v) is 7.56. The van der Waals surface area contributed by atoms with E-state index in [9.17, 15) is 101 Å². The summed E-state index contributed by atoms with van der Waals surface area (Å²) in [5.41, 5.74) is 0. The third kappa shape index (κ3) is 11.4. The lowest BCUT2D eigenvalue weighted by atomic mass is 9.86. The van der Waals surface area contributed by atoms with Crippen LogP contribution in [0.25, 0.3) is 0 Å². The van der Waals surface area contributed by atoms with Crippen molar-refractivity contribution in [3.8, 4) is 0 Å². The van der Waals surface area contributed by atoms with Gasteiger partial charge in [-0.25, -0.2) is 9.59 Å². The molecule has 63 heavy (non-hydrogen) atoms. The van der Waals surface area contributed by atoms with Crippen molar-refractivity contribution in [3.05, 3.63) is 0 Å². The monoisotopic (exact) mass is 924 g/mol. The number of carbonyl (C=O) groups excluding carboxylic acids is 2. The molecule has 18 N–H and O–H groups in total. The minimum absolute atomic E-state index is 0.891. The zero-order chi connectivity index (χ0) is 47.5. The molecule has 4 fully saturated rings. The van der Waals surface area contributed by atoms with E-state index in [1.165, 1.54) is 6.92 Å². The van der Waals surface area contributed by atoms with E-state index >= 15 is 0 Å². The Balaban J connectivity index is 1.80. The Morgan fingerprint density at radius 2 is 1.30 bits per heavy atom. The molecule has 22 atom stereocenters. The Hall–Kier alpha value is -2.96. The lowest BCUT2D eigenvalue weighted by molar-refractivity contribution is -0.367. The van der Waals surface area contributed by atoms with Crippen LogP contribution in [0.4, 0.5) is 0 Å². The number of nitrogens with one attached hydrogen (secondary N) is 2. The van der Waals surface area contributed by atoms with E-state index in [2.05, 4.69) is 10.6 Å². The molecule has 4 aliphatic heterocycles. The summed E-state index contributed by atoms with van der Waals surface area (Å²) in [6.45, 7) is -2.70. The molecular formula is C34H56N2O27. The van der Waals surface area contributed by atoms with Gasteiger partial charge in [0, 0.05) is 19.8 Å². The van der Waals surface area contributed by atoms with Gasteiger partial charge in [-0.3, -0.25) is 9.59 Å². The van der Waals surface area contributed by atoms with Crippen LogP contribution in [0.1, 0.15) is 26.7 Å². The summed E-state index contributed by atoms with van der Waals surface area (Å²) < 4.78 is 38.8. The van der Waals surface area contributed by atoms with Gasteiger partial charge in [0.1, 0.15) is 86.0 Å². The van der Waals surface area contributed by atoms with Crippen LogP contribution in [0, 0.1) is 0 Å². The fourth-order valence-electron chi connectivity index (χ4n) is 7.56. The van der Waals surface area contributed by atoms with Crippen molar-refractivity contribution in [2.75, 3.05) is 26.4 Å². The molecule has 0 radical (unpaired) electrons. The molecule has 2 amide bonds. The number of hydrogen-bond acceptors (Lipinski definition) is 25. The minimum Gasteiger partial charge on any atom is -0.477 e. The van der Waals surface area contributed by atoms with E-state index in [0.29, 0.717) is 0 Å². The first-order chi connectivity index (χ1) is 29.4. The van der Waals surface area contributed by atoms with Gasteiger partial charge >= 0.3 is 11.9 Å².